The Labute approximate surface area is 115 Å². The molecule has 1 aliphatic rings. The highest BCUT2D eigenvalue weighted by molar-refractivity contribution is 7.89. The molecule has 1 aromatic rings. The first-order valence-electron chi connectivity index (χ1n) is 5.93. The molecule has 0 aliphatic carbocycles. The zero-order chi connectivity index (χ0) is 14.9. The fourth-order valence-corrected chi connectivity index (χ4v) is 3.67. The molecule has 110 valence electrons. The number of nitrogens with zero attached hydrogens (tertiary/aromatic N) is 1. The van der Waals surface area contributed by atoms with Crippen LogP contribution in [0.3, 0.4) is 0 Å². The molecule has 0 spiro atoms. The minimum absolute atomic E-state index is 0.0104. The van der Waals surface area contributed by atoms with E-state index in [1.807, 2.05) is 0 Å². The van der Waals surface area contributed by atoms with E-state index in [1.165, 1.54) is 13.0 Å². The van der Waals surface area contributed by atoms with Gasteiger partial charge in [0.05, 0.1) is 18.0 Å². The third-order valence-electron chi connectivity index (χ3n) is 3.06. The molecular weight excluding hydrogens is 289 g/mol. The lowest BCUT2D eigenvalue weighted by atomic mass is 10.2. The van der Waals surface area contributed by atoms with E-state index in [0.717, 1.165) is 16.4 Å². The number of hydrogen-bond donors (Lipinski definition) is 1. The zero-order valence-electron chi connectivity index (χ0n) is 10.7. The van der Waals surface area contributed by atoms with E-state index in [1.54, 1.807) is 0 Å². The van der Waals surface area contributed by atoms with Gasteiger partial charge < -0.3 is 9.84 Å². The molecule has 1 heterocycles. The minimum Gasteiger partial charge on any atom is -0.479 e. The van der Waals surface area contributed by atoms with E-state index in [9.17, 15) is 17.6 Å². The van der Waals surface area contributed by atoms with E-state index in [-0.39, 0.29) is 30.2 Å². The van der Waals surface area contributed by atoms with Gasteiger partial charge in [0.2, 0.25) is 10.0 Å². The van der Waals surface area contributed by atoms with Crippen LogP contribution >= 0.6 is 0 Å². The summed E-state index contributed by atoms with van der Waals surface area (Å²) in [5.41, 5.74) is 0.281. The number of aryl methyl sites for hydroxylation is 1. The van der Waals surface area contributed by atoms with E-state index >= 15 is 0 Å². The van der Waals surface area contributed by atoms with Crippen molar-refractivity contribution in [1.29, 1.82) is 0 Å². The fourth-order valence-electron chi connectivity index (χ4n) is 2.03. The number of ether oxygens (including phenoxy) is 1. The standard InChI is InChI=1S/C12H14FNO5S/c1-8-6-9(13)2-3-11(8)20(17,18)14-4-5-19-10(7-14)12(15)16/h2-3,6,10H,4-5,7H2,1H3,(H,15,16). The lowest BCUT2D eigenvalue weighted by Gasteiger charge is -2.30. The molecule has 1 aromatic carbocycles. The van der Waals surface area contributed by atoms with Crippen molar-refractivity contribution in [2.24, 2.45) is 0 Å². The highest BCUT2D eigenvalue weighted by Gasteiger charge is 2.34. The van der Waals surface area contributed by atoms with E-state index < -0.39 is 27.9 Å². The van der Waals surface area contributed by atoms with Gasteiger partial charge in [0.1, 0.15) is 5.82 Å². The predicted molar refractivity (Wildman–Crippen MR) is 67.3 cm³/mol. The summed E-state index contributed by atoms with van der Waals surface area (Å²) in [4.78, 5) is 10.9. The molecule has 1 N–H and O–H groups in total. The number of halogens is 1. The number of morpholine rings is 1. The Morgan fingerprint density at radius 2 is 2.20 bits per heavy atom. The number of aliphatic carboxylic acids is 1. The van der Waals surface area contributed by atoms with Gasteiger partial charge >= 0.3 is 5.97 Å². The van der Waals surface area contributed by atoms with Crippen LogP contribution in [0, 0.1) is 12.7 Å². The van der Waals surface area contributed by atoms with Crippen molar-refractivity contribution in [2.45, 2.75) is 17.9 Å². The van der Waals surface area contributed by atoms with Crippen LogP contribution in [0.2, 0.25) is 0 Å². The lowest BCUT2D eigenvalue weighted by Crippen LogP contribution is -2.48. The van der Waals surface area contributed by atoms with Gasteiger partial charge in [0, 0.05) is 6.54 Å². The number of carboxylic acid groups (broad SMARTS) is 1. The Bertz CT molecular complexity index is 631. The Hall–Kier alpha value is -1.51. The molecule has 8 heteroatoms. The van der Waals surface area contributed by atoms with Crippen LogP contribution in [-0.2, 0) is 19.6 Å². The molecule has 1 aliphatic heterocycles. The van der Waals surface area contributed by atoms with Crippen LogP contribution in [0.15, 0.2) is 23.1 Å². The van der Waals surface area contributed by atoms with Crippen LogP contribution in [0.4, 0.5) is 4.39 Å². The number of hydrogen-bond acceptors (Lipinski definition) is 4. The summed E-state index contributed by atoms with van der Waals surface area (Å²) in [5.74, 6) is -1.73. The van der Waals surface area contributed by atoms with Crippen LogP contribution in [0.1, 0.15) is 5.56 Å². The molecule has 6 nitrogen and oxygen atoms in total. The first-order chi connectivity index (χ1) is 9.32. The first kappa shape index (κ1) is 14.9. The normalized spacial score (nSPS) is 20.8. The second kappa shape index (κ2) is 5.47. The Balaban J connectivity index is 2.32. The van der Waals surface area contributed by atoms with E-state index in [0.29, 0.717) is 0 Å². The summed E-state index contributed by atoms with van der Waals surface area (Å²) in [6, 6.07) is 3.38. The molecule has 0 aromatic heterocycles. The van der Waals surface area contributed by atoms with Crippen molar-refractivity contribution in [3.05, 3.63) is 29.6 Å². The summed E-state index contributed by atoms with van der Waals surface area (Å²) in [5, 5.41) is 8.89. The second-order valence-electron chi connectivity index (χ2n) is 4.47. The molecule has 1 fully saturated rings. The molecule has 2 rings (SSSR count). The maximum absolute atomic E-state index is 13.0. The van der Waals surface area contributed by atoms with Crippen molar-refractivity contribution < 1.29 is 27.4 Å². The van der Waals surface area contributed by atoms with Crippen molar-refractivity contribution >= 4 is 16.0 Å². The Morgan fingerprint density at radius 1 is 1.50 bits per heavy atom. The van der Waals surface area contributed by atoms with Gasteiger partial charge in [0.25, 0.3) is 0 Å². The van der Waals surface area contributed by atoms with Gasteiger partial charge in [-0.15, -0.1) is 0 Å². The summed E-state index contributed by atoms with van der Waals surface area (Å²) in [7, 11) is -3.85. The van der Waals surface area contributed by atoms with Crippen molar-refractivity contribution in [3.63, 3.8) is 0 Å². The van der Waals surface area contributed by atoms with E-state index in [4.69, 9.17) is 9.84 Å². The molecule has 0 amide bonds. The average molecular weight is 303 g/mol. The lowest BCUT2D eigenvalue weighted by molar-refractivity contribution is -0.153. The van der Waals surface area contributed by atoms with Crippen molar-refractivity contribution in [1.82, 2.24) is 4.31 Å². The number of carbonyl (C=O) groups is 1. The van der Waals surface area contributed by atoms with Crippen molar-refractivity contribution in [2.75, 3.05) is 19.7 Å². The predicted octanol–water partition coefficient (Wildman–Crippen LogP) is 0.608. The highest BCUT2D eigenvalue weighted by atomic mass is 32.2. The van der Waals surface area contributed by atoms with Crippen LogP contribution < -0.4 is 0 Å². The molecule has 1 unspecified atom stereocenters. The zero-order valence-corrected chi connectivity index (χ0v) is 11.6. The number of carboxylic acids is 1. The van der Waals surface area contributed by atoms with Crippen LogP contribution in [-0.4, -0.2) is 49.6 Å². The minimum atomic E-state index is -3.85. The third-order valence-corrected chi connectivity index (χ3v) is 5.08. The van der Waals surface area contributed by atoms with Gasteiger partial charge in [-0.1, -0.05) is 0 Å². The third kappa shape index (κ3) is 2.82. The summed E-state index contributed by atoms with van der Waals surface area (Å²) >= 11 is 0. The number of rotatable bonds is 3. The Kier molecular flexibility index (Phi) is 4.07. The van der Waals surface area contributed by atoms with Gasteiger partial charge in [-0.2, -0.15) is 4.31 Å². The summed E-state index contributed by atoms with van der Waals surface area (Å²) in [6.45, 7) is 1.32. The maximum Gasteiger partial charge on any atom is 0.334 e. The van der Waals surface area contributed by atoms with Gasteiger partial charge in [-0.3, -0.25) is 0 Å². The van der Waals surface area contributed by atoms with Gasteiger partial charge in [-0.25, -0.2) is 17.6 Å². The van der Waals surface area contributed by atoms with Crippen LogP contribution in [0.5, 0.6) is 0 Å². The maximum atomic E-state index is 13.0. The monoisotopic (exact) mass is 303 g/mol. The highest BCUT2D eigenvalue weighted by Crippen LogP contribution is 2.22. The molecule has 0 saturated carbocycles. The SMILES string of the molecule is Cc1cc(F)ccc1S(=O)(=O)N1CCOC(C(=O)O)C1. The topological polar surface area (TPSA) is 83.9 Å². The van der Waals surface area contributed by atoms with Gasteiger partial charge in [0.15, 0.2) is 6.10 Å². The molecular formula is C12H14FNO5S. The van der Waals surface area contributed by atoms with Crippen molar-refractivity contribution in [3.8, 4) is 0 Å². The fraction of sp³-hybridized carbons (Fsp3) is 0.417. The first-order valence-corrected chi connectivity index (χ1v) is 7.37. The molecule has 0 radical (unpaired) electrons. The number of sulfonamides is 1. The summed E-state index contributed by atoms with van der Waals surface area (Å²) < 4.78 is 44.0. The largest absolute Gasteiger partial charge is 0.479 e. The molecule has 1 saturated heterocycles. The van der Waals surface area contributed by atoms with E-state index in [2.05, 4.69) is 0 Å². The smallest absolute Gasteiger partial charge is 0.334 e. The molecule has 0 bridgehead atoms. The quantitative estimate of drug-likeness (QED) is 0.884. The second-order valence-corrected chi connectivity index (χ2v) is 6.38. The summed E-state index contributed by atoms with van der Waals surface area (Å²) in [6.07, 6.45) is -1.18. The van der Waals surface area contributed by atoms with Crippen LogP contribution in [0.25, 0.3) is 0 Å². The van der Waals surface area contributed by atoms with Gasteiger partial charge in [-0.05, 0) is 30.7 Å². The molecule has 20 heavy (non-hydrogen) atoms. The molecule has 1 atom stereocenters. The Morgan fingerprint density at radius 3 is 2.80 bits per heavy atom. The number of benzene rings is 1. The average Bonchev–Trinajstić information content (AvgIpc) is 2.38.